The molecular formula is C72H140O17P2. The largest absolute Gasteiger partial charge is 0.472 e. The Balaban J connectivity index is 5.15. The summed E-state index contributed by atoms with van der Waals surface area (Å²) in [5, 5.41) is 10.6. The zero-order valence-corrected chi connectivity index (χ0v) is 60.9. The zero-order valence-electron chi connectivity index (χ0n) is 59.1. The van der Waals surface area contributed by atoms with Crippen molar-refractivity contribution in [3.8, 4) is 0 Å². The number of hydrogen-bond acceptors (Lipinski definition) is 15. The lowest BCUT2D eigenvalue weighted by atomic mass is 10.0. The SMILES string of the molecule is CCCCCCCCCCCCC(=O)O[C@H](COC(=O)CCCCCCCCC)COP(=O)(O)OC[C@H](O)COP(=O)(O)OC[C@@H](COC(=O)CCCCCCCCCCCCC(C)C)OC(=O)CCCCCCCCCCCCCCCCCCCCC(C)C. The van der Waals surface area contributed by atoms with Crippen LogP contribution in [-0.4, -0.2) is 96.7 Å². The van der Waals surface area contributed by atoms with Crippen molar-refractivity contribution >= 4 is 39.5 Å². The van der Waals surface area contributed by atoms with Gasteiger partial charge in [-0.05, 0) is 37.5 Å². The van der Waals surface area contributed by atoms with E-state index in [0.717, 1.165) is 115 Å². The predicted molar refractivity (Wildman–Crippen MR) is 368 cm³/mol. The van der Waals surface area contributed by atoms with Gasteiger partial charge in [-0.3, -0.25) is 37.3 Å². The second kappa shape index (κ2) is 64.1. The number of rotatable bonds is 71. The van der Waals surface area contributed by atoms with E-state index in [1.54, 1.807) is 0 Å². The number of carbonyl (C=O) groups excluding carboxylic acids is 4. The Kier molecular flexibility index (Phi) is 62.7. The quantitative estimate of drug-likeness (QED) is 0.0222. The van der Waals surface area contributed by atoms with E-state index in [4.69, 9.17) is 37.0 Å². The van der Waals surface area contributed by atoms with Crippen molar-refractivity contribution in [3.05, 3.63) is 0 Å². The van der Waals surface area contributed by atoms with Gasteiger partial charge in [0, 0.05) is 25.7 Å². The van der Waals surface area contributed by atoms with Gasteiger partial charge < -0.3 is 33.8 Å². The van der Waals surface area contributed by atoms with E-state index in [1.807, 2.05) is 0 Å². The fourth-order valence-corrected chi connectivity index (χ4v) is 12.5. The molecule has 19 heteroatoms. The van der Waals surface area contributed by atoms with Gasteiger partial charge in [0.05, 0.1) is 26.4 Å². The van der Waals surface area contributed by atoms with Gasteiger partial charge in [0.15, 0.2) is 12.2 Å². The molecule has 0 aliphatic carbocycles. The third-order valence-corrected chi connectivity index (χ3v) is 18.6. The van der Waals surface area contributed by atoms with Crippen molar-refractivity contribution in [1.29, 1.82) is 0 Å². The Labute approximate surface area is 556 Å². The molecule has 0 fully saturated rings. The molecule has 17 nitrogen and oxygen atoms in total. The van der Waals surface area contributed by atoms with Crippen LogP contribution in [0.25, 0.3) is 0 Å². The molecule has 0 saturated carbocycles. The highest BCUT2D eigenvalue weighted by atomic mass is 31.2. The van der Waals surface area contributed by atoms with Crippen LogP contribution in [0.1, 0.15) is 369 Å². The number of esters is 4. The van der Waals surface area contributed by atoms with E-state index in [2.05, 4.69) is 41.5 Å². The monoisotopic (exact) mass is 1340 g/mol. The maximum atomic E-state index is 13.0. The molecule has 91 heavy (non-hydrogen) atoms. The van der Waals surface area contributed by atoms with Crippen LogP contribution >= 0.6 is 15.6 Å². The van der Waals surface area contributed by atoms with Gasteiger partial charge in [0.1, 0.15) is 19.3 Å². The second-order valence-corrected chi connectivity index (χ2v) is 29.8. The van der Waals surface area contributed by atoms with Crippen LogP contribution in [0.4, 0.5) is 0 Å². The van der Waals surface area contributed by atoms with E-state index in [0.29, 0.717) is 25.7 Å². The summed E-state index contributed by atoms with van der Waals surface area (Å²) >= 11 is 0. The lowest BCUT2D eigenvalue weighted by molar-refractivity contribution is -0.161. The van der Waals surface area contributed by atoms with E-state index in [1.165, 1.54) is 173 Å². The summed E-state index contributed by atoms with van der Waals surface area (Å²) in [5.41, 5.74) is 0. The van der Waals surface area contributed by atoms with Gasteiger partial charge in [-0.2, -0.15) is 0 Å². The van der Waals surface area contributed by atoms with Gasteiger partial charge in [-0.15, -0.1) is 0 Å². The molecule has 3 N–H and O–H groups in total. The van der Waals surface area contributed by atoms with Crippen molar-refractivity contribution in [1.82, 2.24) is 0 Å². The van der Waals surface area contributed by atoms with Crippen LogP contribution in [0.15, 0.2) is 0 Å². The Morgan fingerprint density at radius 3 is 0.747 bits per heavy atom. The van der Waals surface area contributed by atoms with Crippen LogP contribution in [0.5, 0.6) is 0 Å². The van der Waals surface area contributed by atoms with Gasteiger partial charge in [0.2, 0.25) is 0 Å². The summed E-state index contributed by atoms with van der Waals surface area (Å²) in [4.78, 5) is 72.4. The number of hydrogen-bond donors (Lipinski definition) is 3. The van der Waals surface area contributed by atoms with Gasteiger partial charge in [0.25, 0.3) is 0 Å². The normalized spacial score (nSPS) is 14.1. The standard InChI is InChI=1S/C72H140O17P2/c1-7-9-11-13-15-16-31-38-44-50-56-71(76)88-67(60-82-69(74)54-48-42-34-14-12-10-8-2)62-86-90(78,79)84-58-66(73)59-85-91(80,81)87-63-68(61-83-70(75)55-49-43-37-32-28-27-30-36-41-47-53-65(5)6)89-72(77)57-51-45-39-33-26-24-22-20-18-17-19-21-23-25-29-35-40-46-52-64(3)4/h64-68,73H,7-63H2,1-6H3,(H,78,79)(H,80,81)/t66-,67+,68+/m0/s1. The highest BCUT2D eigenvalue weighted by Gasteiger charge is 2.30. The van der Waals surface area contributed by atoms with Crippen molar-refractivity contribution in [2.75, 3.05) is 39.6 Å². The van der Waals surface area contributed by atoms with Crippen LogP contribution in [0.3, 0.4) is 0 Å². The predicted octanol–water partition coefficient (Wildman–Crippen LogP) is 20.8. The lowest BCUT2D eigenvalue weighted by Crippen LogP contribution is -2.30. The molecule has 5 atom stereocenters. The molecule has 540 valence electrons. The summed E-state index contributed by atoms with van der Waals surface area (Å²) in [7, 11) is -9.89. The molecule has 0 aromatic carbocycles. The minimum Gasteiger partial charge on any atom is -0.462 e. The van der Waals surface area contributed by atoms with Crippen LogP contribution < -0.4 is 0 Å². The van der Waals surface area contributed by atoms with Crippen LogP contribution in [-0.2, 0) is 65.4 Å². The molecule has 0 amide bonds. The van der Waals surface area contributed by atoms with Crippen LogP contribution in [0, 0.1) is 11.8 Å². The number of unbranched alkanes of at least 4 members (excludes halogenated alkanes) is 41. The highest BCUT2D eigenvalue weighted by molar-refractivity contribution is 7.47. The van der Waals surface area contributed by atoms with Crippen LogP contribution in [0.2, 0.25) is 0 Å². The Bertz CT molecular complexity index is 1770. The van der Waals surface area contributed by atoms with E-state index in [9.17, 15) is 43.2 Å². The van der Waals surface area contributed by atoms with Crippen molar-refractivity contribution in [3.63, 3.8) is 0 Å². The van der Waals surface area contributed by atoms with Crippen molar-refractivity contribution < 1.29 is 80.2 Å². The first kappa shape index (κ1) is 89.1. The smallest absolute Gasteiger partial charge is 0.462 e. The fourth-order valence-electron chi connectivity index (χ4n) is 10.9. The average molecular weight is 1340 g/mol. The molecule has 0 bridgehead atoms. The molecule has 0 aliphatic rings. The third kappa shape index (κ3) is 66.5. The average Bonchev–Trinajstić information content (AvgIpc) is 3.63. The molecule has 0 heterocycles. The summed E-state index contributed by atoms with van der Waals surface area (Å²) < 4.78 is 68.2. The van der Waals surface area contributed by atoms with E-state index < -0.39 is 97.5 Å². The maximum absolute atomic E-state index is 13.0. The topological polar surface area (TPSA) is 237 Å². The minimum atomic E-state index is -4.95. The second-order valence-electron chi connectivity index (χ2n) is 26.9. The first-order valence-corrected chi connectivity index (χ1v) is 40.5. The van der Waals surface area contributed by atoms with Crippen molar-refractivity contribution in [2.24, 2.45) is 11.8 Å². The summed E-state index contributed by atoms with van der Waals surface area (Å²) in [6.07, 6.45) is 50.2. The minimum absolute atomic E-state index is 0.106. The number of phosphoric acid groups is 2. The van der Waals surface area contributed by atoms with Gasteiger partial charge >= 0.3 is 39.5 Å². The zero-order chi connectivity index (χ0) is 67.2. The first-order valence-electron chi connectivity index (χ1n) is 37.5. The Morgan fingerprint density at radius 1 is 0.297 bits per heavy atom. The number of carbonyl (C=O) groups is 4. The molecule has 0 aromatic rings. The first-order chi connectivity index (χ1) is 43.9. The van der Waals surface area contributed by atoms with Crippen molar-refractivity contribution in [2.45, 2.75) is 387 Å². The molecule has 0 radical (unpaired) electrons. The van der Waals surface area contributed by atoms with E-state index in [-0.39, 0.29) is 25.7 Å². The third-order valence-electron chi connectivity index (χ3n) is 16.7. The summed E-state index contributed by atoms with van der Waals surface area (Å²) in [6, 6.07) is 0. The highest BCUT2D eigenvalue weighted by Crippen LogP contribution is 2.45. The number of aliphatic hydroxyl groups is 1. The molecule has 0 saturated heterocycles. The summed E-state index contributed by atoms with van der Waals surface area (Å²) in [5.74, 6) is -0.548. The fraction of sp³-hybridized carbons (Fsp3) is 0.944. The molecule has 0 aromatic heterocycles. The molecule has 2 unspecified atom stereocenters. The lowest BCUT2D eigenvalue weighted by Gasteiger charge is -2.21. The van der Waals surface area contributed by atoms with E-state index >= 15 is 0 Å². The molecule has 0 spiro atoms. The maximum Gasteiger partial charge on any atom is 0.472 e. The number of phosphoric ester groups is 2. The summed E-state index contributed by atoms with van der Waals surface area (Å²) in [6.45, 7) is 9.54. The molecule has 0 rings (SSSR count). The van der Waals surface area contributed by atoms with Gasteiger partial charge in [-0.25, -0.2) is 9.13 Å². The molecular weight excluding hydrogens is 1200 g/mol. The Morgan fingerprint density at radius 2 is 0.505 bits per heavy atom. The number of ether oxygens (including phenoxy) is 4. The number of aliphatic hydroxyl groups excluding tert-OH is 1. The van der Waals surface area contributed by atoms with Gasteiger partial charge in [-0.1, -0.05) is 318 Å². The Hall–Kier alpha value is -1.94. The molecule has 0 aliphatic heterocycles.